The third-order valence-corrected chi connectivity index (χ3v) is 2.77. The number of nitrogens with one attached hydrogen (secondary N) is 1. The quantitative estimate of drug-likeness (QED) is 0.868. The van der Waals surface area contributed by atoms with Crippen molar-refractivity contribution in [3.8, 4) is 5.75 Å². The fourth-order valence-electron chi connectivity index (χ4n) is 1.38. The minimum absolute atomic E-state index is 0.482. The summed E-state index contributed by atoms with van der Waals surface area (Å²) < 4.78 is 5.48. The molecular formula is C13H16ClNO4. The lowest BCUT2D eigenvalue weighted by Crippen LogP contribution is -2.44. The summed E-state index contributed by atoms with van der Waals surface area (Å²) in [6.45, 7) is 4.75. The second-order valence-corrected chi connectivity index (χ2v) is 4.67. The van der Waals surface area contributed by atoms with Gasteiger partial charge in [0.25, 0.3) is 5.91 Å². The molecule has 1 aromatic rings. The van der Waals surface area contributed by atoms with Crippen molar-refractivity contribution in [2.24, 2.45) is 0 Å². The highest BCUT2D eigenvalue weighted by Crippen LogP contribution is 2.22. The van der Waals surface area contributed by atoms with Gasteiger partial charge in [-0.2, -0.15) is 0 Å². The lowest BCUT2D eigenvalue weighted by Gasteiger charge is -2.17. The average molecular weight is 286 g/mol. The van der Waals surface area contributed by atoms with Crippen molar-refractivity contribution in [2.45, 2.75) is 32.9 Å². The third kappa shape index (κ3) is 4.44. The second-order valence-electron chi connectivity index (χ2n) is 4.24. The summed E-state index contributed by atoms with van der Waals surface area (Å²) in [5.41, 5.74) is 0.804. The van der Waals surface area contributed by atoms with Crippen LogP contribution in [0.25, 0.3) is 0 Å². The van der Waals surface area contributed by atoms with Crippen molar-refractivity contribution in [2.75, 3.05) is 0 Å². The van der Waals surface area contributed by atoms with Gasteiger partial charge in [0, 0.05) is 5.02 Å². The maximum atomic E-state index is 11.7. The molecule has 0 heterocycles. The van der Waals surface area contributed by atoms with E-state index in [0.717, 1.165) is 5.56 Å². The van der Waals surface area contributed by atoms with Crippen LogP contribution in [0.4, 0.5) is 0 Å². The van der Waals surface area contributed by atoms with Crippen molar-refractivity contribution in [3.63, 3.8) is 0 Å². The molecule has 0 radical (unpaired) electrons. The molecule has 0 saturated carbocycles. The van der Waals surface area contributed by atoms with Crippen LogP contribution < -0.4 is 10.1 Å². The van der Waals surface area contributed by atoms with Crippen LogP contribution in [-0.4, -0.2) is 29.1 Å². The Kier molecular flexibility index (Phi) is 5.18. The molecule has 1 amide bonds. The van der Waals surface area contributed by atoms with Crippen LogP contribution in [0, 0.1) is 6.92 Å². The predicted octanol–water partition coefficient (Wildman–Crippen LogP) is 2.01. The van der Waals surface area contributed by atoms with E-state index in [1.54, 1.807) is 25.1 Å². The third-order valence-electron chi connectivity index (χ3n) is 2.54. The molecule has 0 aromatic heterocycles. The lowest BCUT2D eigenvalue weighted by molar-refractivity contribution is -0.142. The number of carboxylic acid groups (broad SMARTS) is 1. The summed E-state index contributed by atoms with van der Waals surface area (Å²) in [6, 6.07) is 4.10. The Morgan fingerprint density at radius 3 is 2.53 bits per heavy atom. The molecule has 0 aliphatic heterocycles. The van der Waals surface area contributed by atoms with E-state index in [4.69, 9.17) is 21.4 Å². The fraction of sp³-hybridized carbons (Fsp3) is 0.385. The van der Waals surface area contributed by atoms with E-state index in [1.165, 1.54) is 6.92 Å². The zero-order valence-electron chi connectivity index (χ0n) is 10.9. The first kappa shape index (κ1) is 15.3. The average Bonchev–Trinajstić information content (AvgIpc) is 2.32. The van der Waals surface area contributed by atoms with Crippen molar-refractivity contribution in [3.05, 3.63) is 28.8 Å². The first-order valence-corrected chi connectivity index (χ1v) is 6.15. The van der Waals surface area contributed by atoms with E-state index < -0.39 is 24.0 Å². The fourth-order valence-corrected chi connectivity index (χ4v) is 1.61. The molecule has 19 heavy (non-hydrogen) atoms. The maximum absolute atomic E-state index is 11.7. The molecular weight excluding hydrogens is 270 g/mol. The first-order valence-electron chi connectivity index (χ1n) is 5.77. The van der Waals surface area contributed by atoms with Crippen molar-refractivity contribution >= 4 is 23.5 Å². The molecule has 104 valence electrons. The van der Waals surface area contributed by atoms with Crippen molar-refractivity contribution < 1.29 is 19.4 Å². The zero-order chi connectivity index (χ0) is 14.6. The summed E-state index contributed by atoms with van der Waals surface area (Å²) in [5, 5.41) is 11.6. The van der Waals surface area contributed by atoms with Crippen LogP contribution in [0.1, 0.15) is 19.4 Å². The van der Waals surface area contributed by atoms with Crippen LogP contribution in [0.3, 0.4) is 0 Å². The summed E-state index contributed by atoms with van der Waals surface area (Å²) in [4.78, 5) is 22.4. The van der Waals surface area contributed by atoms with E-state index >= 15 is 0 Å². The molecule has 2 atom stereocenters. The molecule has 0 fully saturated rings. The highest BCUT2D eigenvalue weighted by Gasteiger charge is 2.20. The number of carboxylic acids is 1. The van der Waals surface area contributed by atoms with Crippen molar-refractivity contribution in [1.82, 2.24) is 5.32 Å². The van der Waals surface area contributed by atoms with Gasteiger partial charge in [-0.1, -0.05) is 11.6 Å². The van der Waals surface area contributed by atoms with E-state index in [1.807, 2.05) is 6.92 Å². The highest BCUT2D eigenvalue weighted by atomic mass is 35.5. The van der Waals surface area contributed by atoms with Crippen LogP contribution in [0.15, 0.2) is 18.2 Å². The van der Waals surface area contributed by atoms with Crippen molar-refractivity contribution in [1.29, 1.82) is 0 Å². The molecule has 2 N–H and O–H groups in total. The number of hydrogen-bond acceptors (Lipinski definition) is 3. The SMILES string of the molecule is Cc1cc(Cl)ccc1OC(C)C(=O)N[C@H](C)C(=O)O. The number of rotatable bonds is 5. The summed E-state index contributed by atoms with van der Waals surface area (Å²) >= 11 is 5.82. The molecule has 5 nitrogen and oxygen atoms in total. The Labute approximate surface area is 116 Å². The molecule has 0 bridgehead atoms. The van der Waals surface area contributed by atoms with Gasteiger partial charge in [-0.25, -0.2) is 0 Å². The lowest BCUT2D eigenvalue weighted by atomic mass is 10.2. The first-order chi connectivity index (χ1) is 8.81. The molecule has 0 saturated heterocycles. The Balaban J connectivity index is 2.66. The summed E-state index contributed by atoms with van der Waals surface area (Å²) in [6.07, 6.45) is -0.790. The molecule has 6 heteroatoms. The van der Waals surface area contributed by atoms with Crippen LogP contribution in [0.5, 0.6) is 5.75 Å². The van der Waals surface area contributed by atoms with Gasteiger partial charge < -0.3 is 15.2 Å². The Hall–Kier alpha value is -1.75. The summed E-state index contributed by atoms with van der Waals surface area (Å²) in [5.74, 6) is -1.04. The van der Waals surface area contributed by atoms with E-state index in [0.29, 0.717) is 10.8 Å². The largest absolute Gasteiger partial charge is 0.481 e. The highest BCUT2D eigenvalue weighted by molar-refractivity contribution is 6.30. The number of ether oxygens (including phenoxy) is 1. The second kappa shape index (κ2) is 6.43. The standard InChI is InChI=1S/C13H16ClNO4/c1-7-6-10(14)4-5-11(7)19-9(3)12(16)15-8(2)13(17)18/h4-6,8-9H,1-3H3,(H,15,16)(H,17,18)/t8-,9?/m1/s1. The van der Waals surface area contributed by atoms with E-state index in [-0.39, 0.29) is 0 Å². The number of aryl methyl sites for hydroxylation is 1. The minimum Gasteiger partial charge on any atom is -0.481 e. The number of carbonyl (C=O) groups is 2. The number of aliphatic carboxylic acids is 1. The molecule has 1 rings (SSSR count). The molecule has 1 aromatic carbocycles. The van der Waals surface area contributed by atoms with Gasteiger partial charge in [0.15, 0.2) is 6.10 Å². The Morgan fingerprint density at radius 1 is 1.37 bits per heavy atom. The van der Waals surface area contributed by atoms with Gasteiger partial charge >= 0.3 is 5.97 Å². The minimum atomic E-state index is -1.09. The maximum Gasteiger partial charge on any atom is 0.325 e. The molecule has 0 aliphatic carbocycles. The van der Waals surface area contributed by atoms with E-state index in [2.05, 4.69) is 5.32 Å². The number of carbonyl (C=O) groups excluding carboxylic acids is 1. The van der Waals surface area contributed by atoms with Gasteiger partial charge in [-0.3, -0.25) is 9.59 Å². The number of benzene rings is 1. The molecule has 0 aliphatic rings. The number of hydrogen-bond donors (Lipinski definition) is 2. The molecule has 0 spiro atoms. The van der Waals surface area contributed by atoms with Gasteiger partial charge in [0.05, 0.1) is 0 Å². The van der Waals surface area contributed by atoms with Crippen LogP contribution in [0.2, 0.25) is 5.02 Å². The topological polar surface area (TPSA) is 75.6 Å². The van der Waals surface area contributed by atoms with Crippen LogP contribution in [-0.2, 0) is 9.59 Å². The van der Waals surface area contributed by atoms with Gasteiger partial charge in [-0.05, 0) is 44.5 Å². The molecule has 1 unspecified atom stereocenters. The van der Waals surface area contributed by atoms with Gasteiger partial charge in [-0.15, -0.1) is 0 Å². The van der Waals surface area contributed by atoms with Crippen LogP contribution >= 0.6 is 11.6 Å². The summed E-state index contributed by atoms with van der Waals surface area (Å²) in [7, 11) is 0. The Morgan fingerprint density at radius 2 is 2.00 bits per heavy atom. The smallest absolute Gasteiger partial charge is 0.325 e. The number of amides is 1. The van der Waals surface area contributed by atoms with E-state index in [9.17, 15) is 9.59 Å². The van der Waals surface area contributed by atoms with Gasteiger partial charge in [0.1, 0.15) is 11.8 Å². The normalized spacial score (nSPS) is 13.5. The monoisotopic (exact) mass is 285 g/mol. The zero-order valence-corrected chi connectivity index (χ0v) is 11.7. The Bertz CT molecular complexity index is 490. The predicted molar refractivity (Wildman–Crippen MR) is 71.5 cm³/mol. The van der Waals surface area contributed by atoms with Gasteiger partial charge in [0.2, 0.25) is 0 Å². The number of halogens is 1.